The third-order valence-corrected chi connectivity index (χ3v) is 5.97. The van der Waals surface area contributed by atoms with Crippen molar-refractivity contribution in [2.24, 2.45) is 0 Å². The molecule has 1 aromatic carbocycles. The van der Waals surface area contributed by atoms with Gasteiger partial charge in [0.15, 0.2) is 0 Å². The molecule has 0 amide bonds. The maximum atomic E-state index is 10.7. The molecule has 1 aromatic heterocycles. The van der Waals surface area contributed by atoms with Gasteiger partial charge in [-0.05, 0) is 31.4 Å². The fraction of sp³-hybridized carbons (Fsp3) is 0.571. The third-order valence-electron chi connectivity index (χ3n) is 5.97. The highest BCUT2D eigenvalue weighted by molar-refractivity contribution is 5.46. The van der Waals surface area contributed by atoms with Gasteiger partial charge in [-0.15, -0.1) is 0 Å². The Hall–Kier alpha value is -1.93. The maximum absolute atomic E-state index is 10.7. The van der Waals surface area contributed by atoms with Gasteiger partial charge in [0.25, 0.3) is 0 Å². The number of β-amino-alcohol motifs (C(OH)–C–C–N with tert-alkyl or cyclic N) is 1. The third kappa shape index (κ3) is 4.22. The molecule has 152 valence electrons. The highest BCUT2D eigenvalue weighted by Gasteiger charge is 2.33. The van der Waals surface area contributed by atoms with Crippen molar-refractivity contribution in [1.29, 1.82) is 0 Å². The summed E-state index contributed by atoms with van der Waals surface area (Å²) in [7, 11) is 1.66. The van der Waals surface area contributed by atoms with Crippen molar-refractivity contribution in [3.8, 4) is 11.4 Å². The first-order valence-corrected chi connectivity index (χ1v) is 10.1. The van der Waals surface area contributed by atoms with Crippen molar-refractivity contribution in [3.63, 3.8) is 0 Å². The smallest absolute Gasteiger partial charge is 0.144 e. The summed E-state index contributed by atoms with van der Waals surface area (Å²) < 4.78 is 7.27. The van der Waals surface area contributed by atoms with Gasteiger partial charge in [-0.2, -0.15) is 5.10 Å². The van der Waals surface area contributed by atoms with Crippen LogP contribution in [0.4, 0.5) is 0 Å². The van der Waals surface area contributed by atoms with Crippen LogP contribution in [0.2, 0.25) is 0 Å². The number of benzene rings is 1. The van der Waals surface area contributed by atoms with E-state index in [1.54, 1.807) is 7.11 Å². The van der Waals surface area contributed by atoms with Gasteiger partial charge in [0.1, 0.15) is 11.4 Å². The molecule has 0 unspecified atom stereocenters. The number of rotatable bonds is 5. The number of methoxy groups -OCH3 is 1. The van der Waals surface area contributed by atoms with E-state index in [0.717, 1.165) is 62.4 Å². The number of nitrogens with zero attached hydrogens (tertiary/aromatic N) is 4. The molecule has 0 bridgehead atoms. The average Bonchev–Trinajstić information content (AvgIpc) is 3.17. The van der Waals surface area contributed by atoms with Crippen LogP contribution < -0.4 is 4.74 Å². The Labute approximate surface area is 166 Å². The summed E-state index contributed by atoms with van der Waals surface area (Å²) in [5, 5.41) is 24.9. The van der Waals surface area contributed by atoms with Crippen LogP contribution in [0.15, 0.2) is 36.7 Å². The molecule has 0 saturated carbocycles. The Morgan fingerprint density at radius 2 is 1.89 bits per heavy atom. The van der Waals surface area contributed by atoms with E-state index in [2.05, 4.69) is 14.9 Å². The molecule has 0 radical (unpaired) electrons. The molecule has 2 N–H and O–H groups in total. The van der Waals surface area contributed by atoms with Gasteiger partial charge < -0.3 is 14.9 Å². The quantitative estimate of drug-likeness (QED) is 0.806. The summed E-state index contributed by atoms with van der Waals surface area (Å²) in [4.78, 5) is 4.65. The molecule has 28 heavy (non-hydrogen) atoms. The van der Waals surface area contributed by atoms with E-state index < -0.39 is 0 Å². The van der Waals surface area contributed by atoms with Crippen molar-refractivity contribution in [2.75, 3.05) is 33.3 Å². The lowest BCUT2D eigenvalue weighted by atomic mass is 9.96. The van der Waals surface area contributed by atoms with E-state index in [1.165, 1.54) is 0 Å². The second kappa shape index (κ2) is 8.61. The minimum Gasteiger partial charge on any atom is -0.494 e. The molecular formula is C21H30N4O3. The number of hydrogen-bond acceptors (Lipinski definition) is 6. The van der Waals surface area contributed by atoms with Crippen LogP contribution in [-0.2, 0) is 6.54 Å². The van der Waals surface area contributed by atoms with Gasteiger partial charge >= 0.3 is 0 Å². The molecule has 3 heterocycles. The second-order valence-electron chi connectivity index (χ2n) is 7.89. The van der Waals surface area contributed by atoms with Crippen LogP contribution in [0.25, 0.3) is 5.69 Å². The molecule has 0 aliphatic carbocycles. The van der Waals surface area contributed by atoms with Gasteiger partial charge in [0.05, 0.1) is 25.5 Å². The van der Waals surface area contributed by atoms with E-state index in [-0.39, 0.29) is 18.2 Å². The van der Waals surface area contributed by atoms with Crippen LogP contribution in [0.3, 0.4) is 0 Å². The molecule has 2 saturated heterocycles. The lowest BCUT2D eigenvalue weighted by Gasteiger charge is -2.43. The van der Waals surface area contributed by atoms with Crippen molar-refractivity contribution < 1.29 is 14.9 Å². The van der Waals surface area contributed by atoms with Crippen LogP contribution in [0, 0.1) is 0 Å². The number of aliphatic hydroxyl groups excluding tert-OH is 2. The van der Waals surface area contributed by atoms with E-state index in [0.29, 0.717) is 6.54 Å². The van der Waals surface area contributed by atoms with Crippen molar-refractivity contribution in [1.82, 2.24) is 19.6 Å². The fourth-order valence-corrected chi connectivity index (χ4v) is 4.42. The number of aromatic nitrogens is 2. The first kappa shape index (κ1) is 19.4. The summed E-state index contributed by atoms with van der Waals surface area (Å²) in [6, 6.07) is 8.04. The zero-order valence-corrected chi connectivity index (χ0v) is 16.4. The Morgan fingerprint density at radius 3 is 2.64 bits per heavy atom. The molecule has 7 nitrogen and oxygen atoms in total. The van der Waals surface area contributed by atoms with Gasteiger partial charge in [-0.3, -0.25) is 9.80 Å². The molecule has 2 aliphatic rings. The Bertz CT molecular complexity index is 773. The van der Waals surface area contributed by atoms with Crippen LogP contribution in [0.1, 0.15) is 24.8 Å². The number of likely N-dealkylation sites (tertiary alicyclic amines) is 2. The summed E-state index contributed by atoms with van der Waals surface area (Å²) in [6.07, 6.45) is 5.97. The summed E-state index contributed by atoms with van der Waals surface area (Å²) in [5.41, 5.74) is 2.04. The largest absolute Gasteiger partial charge is 0.494 e. The minimum atomic E-state index is -0.353. The van der Waals surface area contributed by atoms with Crippen molar-refractivity contribution >= 4 is 0 Å². The van der Waals surface area contributed by atoms with Crippen molar-refractivity contribution in [2.45, 2.75) is 44.1 Å². The Kier molecular flexibility index (Phi) is 5.96. The summed E-state index contributed by atoms with van der Waals surface area (Å²) in [6.45, 7) is 4.17. The first-order valence-electron chi connectivity index (χ1n) is 10.1. The van der Waals surface area contributed by atoms with Crippen molar-refractivity contribution in [3.05, 3.63) is 42.2 Å². The Morgan fingerprint density at radius 1 is 1.11 bits per heavy atom. The maximum Gasteiger partial charge on any atom is 0.144 e. The fourth-order valence-electron chi connectivity index (χ4n) is 4.42. The van der Waals surface area contributed by atoms with E-state index in [4.69, 9.17) is 4.74 Å². The number of ether oxygens (including phenoxy) is 1. The van der Waals surface area contributed by atoms with Gasteiger partial charge in [-0.25, -0.2) is 4.68 Å². The topological polar surface area (TPSA) is 74.0 Å². The van der Waals surface area contributed by atoms with E-state index >= 15 is 0 Å². The van der Waals surface area contributed by atoms with Gasteiger partial charge in [0.2, 0.25) is 0 Å². The zero-order valence-electron chi connectivity index (χ0n) is 16.4. The molecule has 0 spiro atoms. The molecule has 7 heteroatoms. The number of para-hydroxylation sites is 2. The molecular weight excluding hydrogens is 356 g/mol. The number of piperidine rings is 2. The van der Waals surface area contributed by atoms with Gasteiger partial charge in [-0.1, -0.05) is 12.1 Å². The Balaban J connectivity index is 1.35. The molecule has 2 fully saturated rings. The van der Waals surface area contributed by atoms with Crippen LogP contribution >= 0.6 is 0 Å². The zero-order chi connectivity index (χ0) is 19.5. The summed E-state index contributed by atoms with van der Waals surface area (Å²) in [5.74, 6) is 0.792. The highest BCUT2D eigenvalue weighted by Crippen LogP contribution is 2.24. The minimum absolute atomic E-state index is 0.173. The molecule has 2 aromatic rings. The van der Waals surface area contributed by atoms with Crippen LogP contribution in [0.5, 0.6) is 5.75 Å². The second-order valence-corrected chi connectivity index (χ2v) is 7.89. The van der Waals surface area contributed by atoms with Gasteiger partial charge in [0, 0.05) is 50.5 Å². The van der Waals surface area contributed by atoms with Crippen LogP contribution in [-0.4, -0.2) is 81.3 Å². The molecule has 2 aliphatic heterocycles. The average molecular weight is 386 g/mol. The first-order chi connectivity index (χ1) is 13.6. The summed E-state index contributed by atoms with van der Waals surface area (Å²) >= 11 is 0. The monoisotopic (exact) mass is 386 g/mol. The SMILES string of the molecule is COc1ccccc1-n1cc(CN2CC[C@@H](N3CCC(O)CC3)[C@H](O)C2)cn1. The molecule has 2 atom stereocenters. The number of aliphatic hydroxyl groups is 2. The lowest BCUT2D eigenvalue weighted by Crippen LogP contribution is -2.55. The highest BCUT2D eigenvalue weighted by atomic mass is 16.5. The standard InChI is InChI=1S/C21H30N4O3/c1-28-21-5-3-2-4-19(21)25-14-16(12-22-25)13-23-9-8-18(20(27)15-23)24-10-6-17(26)7-11-24/h2-5,12,14,17-18,20,26-27H,6-11,13,15H2,1H3/t18-,20-/m1/s1. The van der Waals surface area contributed by atoms with E-state index in [9.17, 15) is 10.2 Å². The lowest BCUT2D eigenvalue weighted by molar-refractivity contribution is -0.0355. The van der Waals surface area contributed by atoms with E-state index in [1.807, 2.05) is 41.3 Å². The number of hydrogen-bond donors (Lipinski definition) is 2. The normalized spacial score (nSPS) is 25.1. The predicted molar refractivity (Wildman–Crippen MR) is 107 cm³/mol. The molecule has 4 rings (SSSR count). The predicted octanol–water partition coefficient (Wildman–Crippen LogP) is 1.27.